The van der Waals surface area contributed by atoms with Crippen molar-refractivity contribution in [3.8, 4) is 17.2 Å². The molecule has 3 N–H and O–H groups in total. The molecule has 1 aliphatic carbocycles. The van der Waals surface area contributed by atoms with Crippen LogP contribution in [0.5, 0.6) is 17.2 Å². The predicted molar refractivity (Wildman–Crippen MR) is 438 cm³/mol. The van der Waals surface area contributed by atoms with Gasteiger partial charge >= 0.3 is 6.03 Å². The summed E-state index contributed by atoms with van der Waals surface area (Å²) < 4.78 is 22.1. The SMILES string of the molecule is CCS.CCSc1ccc2c(n1)C(c1ccc(OC)cc1)C(=O)N(c1ccc3nn(C)cc3c1)C2.CN[C@@H]1CCCC[C@H]1NC.COc1ccc(C2C(=O)N(c3ccc4nn(C)cc4c3)Cc3ccc(Cl)nc32)cc1.COc1ccc(I)cc1.Cn1cc2cc(N3Cc4ccc(Cl)nc4NC3=O)ccc2n1. The number of hydrogen-bond acceptors (Lipinski definition) is 16. The number of pyridine rings is 3. The molecule has 6 aromatic carbocycles. The number of halogens is 3. The normalized spacial score (nSPS) is 16.4. The van der Waals surface area contributed by atoms with Crippen molar-refractivity contribution in [2.75, 3.05) is 66.9 Å². The number of nitrogens with zero attached hydrogens (tertiary/aromatic N) is 12. The van der Waals surface area contributed by atoms with Gasteiger partial charge in [-0.25, -0.2) is 19.7 Å². The number of carbonyl (C=O) groups excluding carboxylic acids is 3. The number of amides is 4. The third kappa shape index (κ3) is 18.7. The molecule has 9 heterocycles. The van der Waals surface area contributed by atoms with Crippen molar-refractivity contribution in [1.29, 1.82) is 0 Å². The van der Waals surface area contributed by atoms with Crippen LogP contribution in [0.2, 0.25) is 10.3 Å². The molecule has 1 fully saturated rings. The number of nitrogens with one attached hydrogen (secondary N) is 3. The Labute approximate surface area is 651 Å². The number of likely N-dealkylation sites (N-methyl/N-ethyl adjacent to an activating group) is 2. The minimum absolute atomic E-state index is 0.0251. The lowest BCUT2D eigenvalue weighted by atomic mass is 9.87. The summed E-state index contributed by atoms with van der Waals surface area (Å²) in [5, 5.41) is 27.4. The second kappa shape index (κ2) is 36.3. The minimum atomic E-state index is -0.539. The quantitative estimate of drug-likeness (QED) is 0.0387. The van der Waals surface area contributed by atoms with Gasteiger partial charge in [0.1, 0.15) is 45.2 Å². The molecule has 4 aliphatic rings. The van der Waals surface area contributed by atoms with Crippen LogP contribution in [0.1, 0.15) is 90.6 Å². The van der Waals surface area contributed by atoms with Gasteiger partial charge in [0.05, 0.1) is 73.9 Å². The maximum Gasteiger partial charge on any atom is 0.327 e. The number of urea groups is 1. The molecule has 21 nitrogen and oxygen atoms in total. The van der Waals surface area contributed by atoms with Crippen LogP contribution < -0.4 is 44.9 Å². The Balaban J connectivity index is 0.000000140. The highest BCUT2D eigenvalue weighted by Crippen LogP contribution is 2.41. The van der Waals surface area contributed by atoms with Gasteiger partial charge in [0.2, 0.25) is 11.8 Å². The summed E-state index contributed by atoms with van der Waals surface area (Å²) >= 11 is 19.8. The van der Waals surface area contributed by atoms with Crippen molar-refractivity contribution in [1.82, 2.24) is 54.9 Å². The first-order valence-corrected chi connectivity index (χ1v) is 38.3. The number of fused-ring (bicyclic) bond motifs is 6. The summed E-state index contributed by atoms with van der Waals surface area (Å²) in [6.07, 6.45) is 11.3. The highest BCUT2D eigenvalue weighted by molar-refractivity contribution is 14.1. The molecule has 6 aromatic heterocycles. The number of thioether (sulfide) groups is 1. The molecule has 0 radical (unpaired) electrons. The highest BCUT2D eigenvalue weighted by atomic mass is 127. The number of rotatable bonds is 12. The summed E-state index contributed by atoms with van der Waals surface area (Å²) in [7, 11) is 14.7. The van der Waals surface area contributed by atoms with Crippen molar-refractivity contribution >= 4 is 144 Å². The molecule has 0 bridgehead atoms. The number of carbonyl (C=O) groups is 3. The fourth-order valence-corrected chi connectivity index (χ4v) is 14.5. The number of benzene rings is 6. The van der Waals surface area contributed by atoms with E-state index >= 15 is 0 Å². The van der Waals surface area contributed by atoms with Gasteiger partial charge in [-0.1, -0.05) is 92.4 Å². The largest absolute Gasteiger partial charge is 0.497 e. The number of ether oxygens (including phenoxy) is 3. The van der Waals surface area contributed by atoms with E-state index in [1.807, 2.05) is 191 Å². The Kier molecular flexibility index (Phi) is 26.7. The van der Waals surface area contributed by atoms with Crippen LogP contribution in [0.25, 0.3) is 32.7 Å². The van der Waals surface area contributed by atoms with E-state index in [4.69, 9.17) is 42.4 Å². The van der Waals surface area contributed by atoms with Gasteiger partial charge in [-0.15, -0.1) is 11.8 Å². The maximum atomic E-state index is 13.9. The van der Waals surface area contributed by atoms with Gasteiger partial charge in [-0.2, -0.15) is 27.9 Å². The van der Waals surface area contributed by atoms with E-state index in [0.29, 0.717) is 53.5 Å². The van der Waals surface area contributed by atoms with E-state index in [0.717, 1.165) is 117 Å². The Morgan fingerprint density at radius 2 is 0.906 bits per heavy atom. The molecule has 1 saturated carbocycles. The fourth-order valence-electron chi connectivity index (χ4n) is 13.3. The number of thiol groups is 1. The molecule has 16 rings (SSSR count). The molecule has 3 aliphatic heterocycles. The Hall–Kier alpha value is -9.28. The van der Waals surface area contributed by atoms with Crippen LogP contribution in [0.4, 0.5) is 27.7 Å². The molecule has 26 heteroatoms. The first kappa shape index (κ1) is 77.8. The summed E-state index contributed by atoms with van der Waals surface area (Å²) in [6, 6.07) is 53.4. The molecule has 4 atom stereocenters. The lowest BCUT2D eigenvalue weighted by Gasteiger charge is -2.34. The molecule has 4 amide bonds. The molecule has 12 aromatic rings. The topological polar surface area (TPSA) is 217 Å². The summed E-state index contributed by atoms with van der Waals surface area (Å²) in [6.45, 7) is 5.49. The minimum Gasteiger partial charge on any atom is -0.497 e. The number of methoxy groups -OCH3 is 3. The van der Waals surface area contributed by atoms with Crippen molar-refractivity contribution in [2.45, 2.75) is 88.1 Å². The molecule has 106 heavy (non-hydrogen) atoms. The van der Waals surface area contributed by atoms with Crippen LogP contribution in [-0.2, 0) is 50.4 Å². The van der Waals surface area contributed by atoms with Crippen LogP contribution in [-0.4, -0.2) is 121 Å². The average Bonchev–Trinajstić information content (AvgIpc) is 1.16. The van der Waals surface area contributed by atoms with Gasteiger partial charge in [0, 0.05) is 94.2 Å². The smallest absolute Gasteiger partial charge is 0.327 e. The van der Waals surface area contributed by atoms with Gasteiger partial charge in [-0.05, 0) is 205 Å². The zero-order valence-corrected chi connectivity index (χ0v) is 66.2. The Morgan fingerprint density at radius 3 is 1.33 bits per heavy atom. The monoisotopic (exact) mass is 1610 g/mol. The number of aromatic nitrogens is 9. The molecular formula is C80H86Cl2IN15O6S2. The molecular weight excluding hydrogens is 1530 g/mol. The van der Waals surface area contributed by atoms with E-state index in [1.54, 1.807) is 69.1 Å². The predicted octanol–water partition coefficient (Wildman–Crippen LogP) is 16.2. The first-order valence-electron chi connectivity index (χ1n) is 34.8. The molecule has 0 spiro atoms. The van der Waals surface area contributed by atoms with Crippen molar-refractivity contribution in [3.05, 3.63) is 235 Å². The standard InChI is InChI=1S/C25H24N4O2S.C23H19ClN4O2.C15H12ClN5O.C8H18N2.C7H7IO.C2H6S/c1-4-32-22-12-7-17-15-29(19-8-11-21-18(13-19)14-28(2)27-21)25(30)23(24(17)26-22)16-5-9-20(31-3)10-6-16;1-27-12-16-11-17(6-9-19(16)26-27)28-13-15-5-10-20(24)25-22(15)21(23(28)29)14-3-7-18(30-2)8-4-14;1-20-7-10-6-11(3-4-12(10)19-20)21-8-9-2-5-13(16)17-14(9)18-15(21)22;1-9-7-5-3-4-6-8(7)10-2;1-9-7-4-2-6(8)3-5-7;1-2-3/h5-14,23H,4,15H2,1-3H3;3-12,21H,13H2,1-2H3;2-7H,8H2,1H3,(H,17,18,22);7-10H,3-6H2,1-2H3;2-5H,1H3;3H,2H2,1H3/t;;;7-,8-;;/m...1../s1. The zero-order valence-electron chi connectivity index (χ0n) is 60.8. The van der Waals surface area contributed by atoms with E-state index in [9.17, 15) is 14.4 Å². The Bertz CT molecular complexity index is 5010. The summed E-state index contributed by atoms with van der Waals surface area (Å²) in [4.78, 5) is 58.8. The average molecular weight is 1620 g/mol. The van der Waals surface area contributed by atoms with E-state index in [-0.39, 0.29) is 17.8 Å². The second-order valence-corrected chi connectivity index (χ2v) is 29.3. The van der Waals surface area contributed by atoms with E-state index < -0.39 is 11.8 Å². The highest BCUT2D eigenvalue weighted by Gasteiger charge is 2.39. The lowest BCUT2D eigenvalue weighted by Crippen LogP contribution is -2.47. The van der Waals surface area contributed by atoms with Gasteiger partial charge in [0.25, 0.3) is 0 Å². The van der Waals surface area contributed by atoms with Gasteiger partial charge < -0.3 is 34.6 Å². The maximum absolute atomic E-state index is 13.9. The third-order valence-corrected chi connectivity index (χ3v) is 20.4. The van der Waals surface area contributed by atoms with Gasteiger partial charge in [-0.3, -0.25) is 33.9 Å². The van der Waals surface area contributed by atoms with Crippen LogP contribution in [0.3, 0.4) is 0 Å². The number of hydrogen-bond donors (Lipinski definition) is 4. The van der Waals surface area contributed by atoms with E-state index in [1.165, 1.54) is 29.3 Å². The molecule has 550 valence electrons. The first-order chi connectivity index (χ1) is 51.3. The molecule has 2 unspecified atom stereocenters. The van der Waals surface area contributed by atoms with Crippen LogP contribution in [0.15, 0.2) is 187 Å². The van der Waals surface area contributed by atoms with E-state index in [2.05, 4.69) is 110 Å². The van der Waals surface area contributed by atoms with Crippen molar-refractivity contribution < 1.29 is 28.6 Å². The number of aryl methyl sites for hydroxylation is 3. The number of anilines is 4. The second-order valence-electron chi connectivity index (χ2n) is 25.4. The summed E-state index contributed by atoms with van der Waals surface area (Å²) in [5.41, 5.74) is 11.5. The zero-order chi connectivity index (χ0) is 75.1. The Morgan fingerprint density at radius 1 is 0.519 bits per heavy atom. The van der Waals surface area contributed by atoms with Crippen molar-refractivity contribution in [3.63, 3.8) is 0 Å². The van der Waals surface area contributed by atoms with Gasteiger partial charge in [0.15, 0.2) is 0 Å². The van der Waals surface area contributed by atoms with Crippen LogP contribution in [0, 0.1) is 3.57 Å². The summed E-state index contributed by atoms with van der Waals surface area (Å²) in [5.74, 6) is 3.80. The third-order valence-electron chi connectivity index (χ3n) is 18.4. The van der Waals surface area contributed by atoms with Crippen molar-refractivity contribution in [2.24, 2.45) is 21.1 Å². The fraction of sp³-hybridized carbons (Fsp3) is 0.287. The van der Waals surface area contributed by atoms with Crippen LogP contribution >= 0.6 is 70.2 Å². The molecule has 0 saturated heterocycles. The lowest BCUT2D eigenvalue weighted by molar-refractivity contribution is -0.120.